The summed E-state index contributed by atoms with van der Waals surface area (Å²) in [5.41, 5.74) is 2.22. The predicted octanol–water partition coefficient (Wildman–Crippen LogP) is 4.75. The Kier molecular flexibility index (Phi) is 5.16. The second-order valence-corrected chi connectivity index (χ2v) is 9.03. The lowest BCUT2D eigenvalue weighted by atomic mass is 10.2. The van der Waals surface area contributed by atoms with Gasteiger partial charge in [0.05, 0.1) is 24.1 Å². The number of hydrogen-bond donors (Lipinski definition) is 0. The molecule has 0 spiro atoms. The normalized spacial score (nSPS) is 20.0. The zero-order valence-corrected chi connectivity index (χ0v) is 19.0. The van der Waals surface area contributed by atoms with Crippen LogP contribution in [0.2, 0.25) is 10.3 Å². The fourth-order valence-corrected chi connectivity index (χ4v) is 5.27. The molecule has 0 N–H and O–H groups in total. The summed E-state index contributed by atoms with van der Waals surface area (Å²) in [6, 6.07) is 10.3. The van der Waals surface area contributed by atoms with Crippen LogP contribution in [0.25, 0.3) is 22.6 Å². The molecule has 0 amide bonds. The van der Waals surface area contributed by atoms with Crippen molar-refractivity contribution in [2.75, 3.05) is 18.0 Å². The molecule has 7 nitrogen and oxygen atoms in total. The fourth-order valence-electron chi connectivity index (χ4n) is 4.64. The Balaban J connectivity index is 1.40. The van der Waals surface area contributed by atoms with Gasteiger partial charge in [-0.15, -0.1) is 0 Å². The number of halogens is 3. The van der Waals surface area contributed by atoms with Gasteiger partial charge >= 0.3 is 0 Å². The molecule has 0 saturated carbocycles. The van der Waals surface area contributed by atoms with Crippen LogP contribution >= 0.6 is 23.2 Å². The molecule has 5 heterocycles. The van der Waals surface area contributed by atoms with Gasteiger partial charge in [0.2, 0.25) is 0 Å². The van der Waals surface area contributed by atoms with Crippen molar-refractivity contribution in [3.63, 3.8) is 0 Å². The molecule has 2 saturated heterocycles. The van der Waals surface area contributed by atoms with Crippen LogP contribution in [0.3, 0.4) is 0 Å². The van der Waals surface area contributed by atoms with E-state index in [9.17, 15) is 4.39 Å². The lowest BCUT2D eigenvalue weighted by Gasteiger charge is -2.34. The highest BCUT2D eigenvalue weighted by Crippen LogP contribution is 2.38. The van der Waals surface area contributed by atoms with E-state index in [2.05, 4.69) is 25.0 Å². The summed E-state index contributed by atoms with van der Waals surface area (Å²) >= 11 is 13.2. The maximum Gasteiger partial charge on any atom is 0.183 e. The van der Waals surface area contributed by atoms with Gasteiger partial charge in [0.25, 0.3) is 0 Å². The van der Waals surface area contributed by atoms with Gasteiger partial charge in [-0.3, -0.25) is 0 Å². The molecule has 2 bridgehead atoms. The number of benzene rings is 1. The average molecular weight is 485 g/mol. The van der Waals surface area contributed by atoms with Crippen molar-refractivity contribution in [3.05, 3.63) is 64.3 Å². The molecule has 0 aliphatic carbocycles. The molecule has 2 unspecified atom stereocenters. The highest BCUT2D eigenvalue weighted by atomic mass is 35.5. The first kappa shape index (κ1) is 20.8. The molecular weight excluding hydrogens is 466 g/mol. The SMILES string of the molecule is Fc1ccccc1Cn1nc(-c2nc(Cl)c(N3CC4CCC(C3)O4)c(Cl)n2)c2cccnc21. The van der Waals surface area contributed by atoms with Crippen molar-refractivity contribution in [2.24, 2.45) is 0 Å². The molecule has 2 aliphatic rings. The monoisotopic (exact) mass is 484 g/mol. The quantitative estimate of drug-likeness (QED) is 0.389. The summed E-state index contributed by atoms with van der Waals surface area (Å²) in [7, 11) is 0. The van der Waals surface area contributed by atoms with Crippen LogP contribution in [0.1, 0.15) is 18.4 Å². The molecule has 6 rings (SSSR count). The summed E-state index contributed by atoms with van der Waals surface area (Å²) in [6.45, 7) is 1.64. The minimum absolute atomic E-state index is 0.180. The average Bonchev–Trinajstić information content (AvgIpc) is 3.34. The number of ether oxygens (including phenoxy) is 1. The second kappa shape index (κ2) is 8.20. The summed E-state index contributed by atoms with van der Waals surface area (Å²) in [4.78, 5) is 15.7. The molecule has 168 valence electrons. The number of aromatic nitrogens is 5. The van der Waals surface area contributed by atoms with E-state index in [1.54, 1.807) is 29.1 Å². The van der Waals surface area contributed by atoms with Crippen molar-refractivity contribution in [1.82, 2.24) is 24.7 Å². The van der Waals surface area contributed by atoms with Gasteiger partial charge < -0.3 is 9.64 Å². The van der Waals surface area contributed by atoms with E-state index < -0.39 is 0 Å². The first-order valence-electron chi connectivity index (χ1n) is 10.8. The maximum atomic E-state index is 14.3. The summed E-state index contributed by atoms with van der Waals surface area (Å²) in [5, 5.41) is 5.94. The Bertz CT molecular complexity index is 1330. The Morgan fingerprint density at radius 2 is 1.73 bits per heavy atom. The number of hydrogen-bond acceptors (Lipinski definition) is 6. The van der Waals surface area contributed by atoms with Gasteiger partial charge in [-0.05, 0) is 31.0 Å². The van der Waals surface area contributed by atoms with E-state index in [1.807, 2.05) is 12.1 Å². The van der Waals surface area contributed by atoms with Gasteiger partial charge in [-0.1, -0.05) is 41.4 Å². The predicted molar refractivity (Wildman–Crippen MR) is 124 cm³/mol. The molecular formula is C23H19Cl2FN6O. The first-order chi connectivity index (χ1) is 16.1. The highest BCUT2D eigenvalue weighted by molar-refractivity contribution is 6.37. The van der Waals surface area contributed by atoms with Crippen LogP contribution < -0.4 is 4.90 Å². The molecule has 2 atom stereocenters. The third kappa shape index (κ3) is 3.72. The van der Waals surface area contributed by atoms with Crippen molar-refractivity contribution < 1.29 is 9.13 Å². The van der Waals surface area contributed by atoms with E-state index in [0.29, 0.717) is 41.5 Å². The Morgan fingerprint density at radius 1 is 1.00 bits per heavy atom. The minimum atomic E-state index is -0.301. The Morgan fingerprint density at radius 3 is 2.45 bits per heavy atom. The standard InChI is InChI=1S/C23H19Cl2FN6O/c24-20-19(31-11-14-7-8-15(12-31)33-14)21(25)29-22(28-20)18-16-5-3-9-27-23(16)32(30-18)10-13-4-1-2-6-17(13)26/h1-6,9,14-15H,7-8,10-12H2. The number of nitrogens with zero attached hydrogens (tertiary/aromatic N) is 6. The Labute approximate surface area is 199 Å². The third-order valence-electron chi connectivity index (χ3n) is 6.16. The van der Waals surface area contributed by atoms with Crippen molar-refractivity contribution in [2.45, 2.75) is 31.6 Å². The zero-order valence-electron chi connectivity index (χ0n) is 17.5. The number of rotatable bonds is 4. The van der Waals surface area contributed by atoms with Gasteiger partial charge in [-0.2, -0.15) is 5.10 Å². The third-order valence-corrected chi connectivity index (χ3v) is 6.68. The molecule has 10 heteroatoms. The molecule has 4 aromatic rings. The smallest absolute Gasteiger partial charge is 0.183 e. The van der Waals surface area contributed by atoms with Gasteiger partial charge in [-0.25, -0.2) is 24.0 Å². The topological polar surface area (TPSA) is 69.0 Å². The zero-order chi connectivity index (χ0) is 22.5. The lowest BCUT2D eigenvalue weighted by molar-refractivity contribution is 0.0305. The van der Waals surface area contributed by atoms with Crippen LogP contribution in [0.5, 0.6) is 0 Å². The number of pyridine rings is 1. The van der Waals surface area contributed by atoms with Crippen LogP contribution in [-0.4, -0.2) is 50.0 Å². The van der Waals surface area contributed by atoms with Gasteiger partial charge in [0.1, 0.15) is 17.2 Å². The highest BCUT2D eigenvalue weighted by Gasteiger charge is 2.36. The Hall–Kier alpha value is -2.81. The van der Waals surface area contributed by atoms with E-state index in [4.69, 9.17) is 27.9 Å². The minimum Gasteiger partial charge on any atom is -0.371 e. The van der Waals surface area contributed by atoms with Crippen molar-refractivity contribution in [1.29, 1.82) is 0 Å². The van der Waals surface area contributed by atoms with E-state index in [-0.39, 0.29) is 34.9 Å². The second-order valence-electron chi connectivity index (χ2n) is 8.31. The maximum absolute atomic E-state index is 14.3. The molecule has 33 heavy (non-hydrogen) atoms. The number of anilines is 1. The molecule has 2 fully saturated rings. The number of fused-ring (bicyclic) bond motifs is 3. The largest absolute Gasteiger partial charge is 0.371 e. The summed E-state index contributed by atoms with van der Waals surface area (Å²) in [5.74, 6) is 0.0000611. The van der Waals surface area contributed by atoms with E-state index >= 15 is 0 Å². The van der Waals surface area contributed by atoms with E-state index in [1.165, 1.54) is 6.07 Å². The fraction of sp³-hybridized carbons (Fsp3) is 0.304. The van der Waals surface area contributed by atoms with Crippen molar-refractivity contribution >= 4 is 39.9 Å². The molecule has 2 aliphatic heterocycles. The summed E-state index contributed by atoms with van der Waals surface area (Å²) < 4.78 is 21.8. The molecule has 1 aromatic carbocycles. The van der Waals surface area contributed by atoms with Crippen LogP contribution in [0.15, 0.2) is 42.6 Å². The van der Waals surface area contributed by atoms with Crippen LogP contribution in [0, 0.1) is 5.82 Å². The van der Waals surface area contributed by atoms with Crippen LogP contribution in [-0.2, 0) is 11.3 Å². The summed E-state index contributed by atoms with van der Waals surface area (Å²) in [6.07, 6.45) is 4.10. The number of morpholine rings is 1. The van der Waals surface area contributed by atoms with Gasteiger partial charge in [0.15, 0.2) is 21.8 Å². The molecule has 0 radical (unpaired) electrons. The van der Waals surface area contributed by atoms with E-state index in [0.717, 1.165) is 18.2 Å². The van der Waals surface area contributed by atoms with Crippen molar-refractivity contribution in [3.8, 4) is 11.5 Å². The van der Waals surface area contributed by atoms with Gasteiger partial charge in [0, 0.05) is 24.8 Å². The lowest BCUT2D eigenvalue weighted by Crippen LogP contribution is -2.43. The van der Waals surface area contributed by atoms with Crippen LogP contribution in [0.4, 0.5) is 10.1 Å². The first-order valence-corrected chi connectivity index (χ1v) is 11.5. The molecule has 3 aromatic heterocycles.